The molecule has 0 aliphatic carbocycles. The molecule has 152 valence electrons. The van der Waals surface area contributed by atoms with E-state index in [2.05, 4.69) is 0 Å². The van der Waals surface area contributed by atoms with Gasteiger partial charge in [-0.2, -0.15) is 0 Å². The molecule has 0 unspecified atom stereocenters. The number of carboxylic acid groups (broad SMARTS) is 1. The van der Waals surface area contributed by atoms with Crippen molar-refractivity contribution in [3.8, 4) is 0 Å². The second kappa shape index (κ2) is 9.96. The third kappa shape index (κ3) is 5.41. The fourth-order valence-electron chi connectivity index (χ4n) is 3.48. The smallest absolute Gasteiger partial charge is 0.303 e. The van der Waals surface area contributed by atoms with Gasteiger partial charge in [-0.1, -0.05) is 54.6 Å². The number of aliphatic carboxylic acids is 1. The molecule has 6 heteroatoms. The minimum Gasteiger partial charge on any atom is -0.481 e. The van der Waals surface area contributed by atoms with Crippen LogP contribution in [0.1, 0.15) is 12.8 Å². The first-order valence-corrected chi connectivity index (χ1v) is 11.1. The Kier molecular flexibility index (Phi) is 7.89. The summed E-state index contributed by atoms with van der Waals surface area (Å²) in [5, 5.41) is 11.5. The SMILES string of the molecule is Cl.O=C(O)CCC(F)(F)C[P+](c1ccccc1)(c1ccccc1)c1ccccc1. The van der Waals surface area contributed by atoms with Gasteiger partial charge in [0.15, 0.2) is 0 Å². The predicted octanol–water partition coefficient (Wildman–Crippen LogP) is 4.90. The molecule has 2 nitrogen and oxygen atoms in total. The normalized spacial score (nSPS) is 11.5. The Bertz CT molecular complexity index is 809. The first-order valence-electron chi connectivity index (χ1n) is 9.09. The number of halogens is 3. The van der Waals surface area contributed by atoms with Crippen molar-refractivity contribution >= 4 is 41.6 Å². The Morgan fingerprint density at radius 2 is 1.10 bits per heavy atom. The zero-order valence-electron chi connectivity index (χ0n) is 15.7. The fourth-order valence-corrected chi connectivity index (χ4v) is 7.82. The van der Waals surface area contributed by atoms with Crippen LogP contribution in [0.15, 0.2) is 91.0 Å². The topological polar surface area (TPSA) is 37.3 Å². The van der Waals surface area contributed by atoms with E-state index in [0.29, 0.717) is 0 Å². The van der Waals surface area contributed by atoms with Gasteiger partial charge in [-0.25, -0.2) is 8.78 Å². The van der Waals surface area contributed by atoms with Gasteiger partial charge in [-0.15, -0.1) is 12.4 Å². The summed E-state index contributed by atoms with van der Waals surface area (Å²) >= 11 is 0. The van der Waals surface area contributed by atoms with Gasteiger partial charge in [0, 0.05) is 6.42 Å². The van der Waals surface area contributed by atoms with Crippen molar-refractivity contribution in [3.05, 3.63) is 91.0 Å². The Balaban J connectivity index is 0.00000300. The summed E-state index contributed by atoms with van der Waals surface area (Å²) in [5.41, 5.74) is 0. The van der Waals surface area contributed by atoms with Crippen molar-refractivity contribution in [3.63, 3.8) is 0 Å². The summed E-state index contributed by atoms with van der Waals surface area (Å²) in [7, 11) is -2.68. The van der Waals surface area contributed by atoms with Crippen LogP contribution in [-0.4, -0.2) is 23.2 Å². The largest absolute Gasteiger partial charge is 0.481 e. The molecule has 1 N–H and O–H groups in total. The Morgan fingerprint density at radius 1 is 0.759 bits per heavy atom. The predicted molar refractivity (Wildman–Crippen MR) is 119 cm³/mol. The maximum atomic E-state index is 15.1. The third-order valence-corrected chi connectivity index (χ3v) is 9.24. The van der Waals surface area contributed by atoms with E-state index in [0.717, 1.165) is 15.9 Å². The molecule has 0 aliphatic rings. The molecule has 0 atom stereocenters. The zero-order chi connectivity index (χ0) is 20.0. The Hall–Kier alpha value is -2.29. The number of alkyl halides is 2. The third-order valence-electron chi connectivity index (χ3n) is 4.76. The first kappa shape index (κ1) is 23.0. The van der Waals surface area contributed by atoms with Crippen LogP contribution in [0.3, 0.4) is 0 Å². The van der Waals surface area contributed by atoms with Gasteiger partial charge in [0.25, 0.3) is 5.92 Å². The highest BCUT2D eigenvalue weighted by Gasteiger charge is 2.53. The molecule has 3 rings (SSSR count). The monoisotopic (exact) mass is 435 g/mol. The van der Waals surface area contributed by atoms with Gasteiger partial charge < -0.3 is 5.11 Å². The molecule has 3 aromatic rings. The minimum absolute atomic E-state index is 0. The van der Waals surface area contributed by atoms with E-state index in [1.807, 2.05) is 91.0 Å². The molecular weight excluding hydrogens is 413 g/mol. The molecule has 0 spiro atoms. The molecule has 0 aliphatic heterocycles. The molecule has 0 saturated heterocycles. The lowest BCUT2D eigenvalue weighted by Gasteiger charge is -2.30. The molecule has 0 saturated carbocycles. The molecule has 0 radical (unpaired) electrons. The average Bonchev–Trinajstić information content (AvgIpc) is 2.73. The van der Waals surface area contributed by atoms with Gasteiger partial charge >= 0.3 is 5.97 Å². The number of hydrogen-bond acceptors (Lipinski definition) is 1. The van der Waals surface area contributed by atoms with Crippen LogP contribution < -0.4 is 15.9 Å². The van der Waals surface area contributed by atoms with Gasteiger partial charge in [0.1, 0.15) is 29.3 Å². The van der Waals surface area contributed by atoms with Crippen LogP contribution in [-0.2, 0) is 4.79 Å². The van der Waals surface area contributed by atoms with Crippen LogP contribution in [0.4, 0.5) is 8.78 Å². The maximum Gasteiger partial charge on any atom is 0.303 e. The number of rotatable bonds is 8. The lowest BCUT2D eigenvalue weighted by molar-refractivity contribution is -0.138. The quantitative estimate of drug-likeness (QED) is 0.511. The van der Waals surface area contributed by atoms with E-state index >= 15 is 8.78 Å². The number of carbonyl (C=O) groups is 1. The summed E-state index contributed by atoms with van der Waals surface area (Å²) in [6, 6.07) is 28.2. The van der Waals surface area contributed by atoms with Crippen LogP contribution >= 0.6 is 19.7 Å². The van der Waals surface area contributed by atoms with E-state index < -0.39 is 38.2 Å². The van der Waals surface area contributed by atoms with Crippen molar-refractivity contribution in [2.45, 2.75) is 18.8 Å². The van der Waals surface area contributed by atoms with Gasteiger partial charge in [0.2, 0.25) is 0 Å². The lowest BCUT2D eigenvalue weighted by Crippen LogP contribution is -2.39. The van der Waals surface area contributed by atoms with Crippen molar-refractivity contribution in [1.82, 2.24) is 0 Å². The lowest BCUT2D eigenvalue weighted by atomic mass is 10.2. The van der Waals surface area contributed by atoms with Crippen molar-refractivity contribution < 1.29 is 18.7 Å². The molecule has 0 aromatic heterocycles. The maximum absolute atomic E-state index is 15.1. The molecule has 3 aromatic carbocycles. The Morgan fingerprint density at radius 3 is 1.41 bits per heavy atom. The minimum atomic E-state index is -3.10. The summed E-state index contributed by atoms with van der Waals surface area (Å²) in [6.07, 6.45) is -1.62. The zero-order valence-corrected chi connectivity index (χ0v) is 17.5. The van der Waals surface area contributed by atoms with E-state index in [-0.39, 0.29) is 12.4 Å². The molecule has 0 fully saturated rings. The first-order chi connectivity index (χ1) is 13.4. The van der Waals surface area contributed by atoms with Crippen LogP contribution in [0.5, 0.6) is 0 Å². The average molecular weight is 436 g/mol. The molecule has 0 bridgehead atoms. The highest BCUT2D eigenvalue weighted by atomic mass is 35.5. The number of benzene rings is 3. The van der Waals surface area contributed by atoms with Crippen molar-refractivity contribution in [1.29, 1.82) is 0 Å². The summed E-state index contributed by atoms with van der Waals surface area (Å²) in [6.45, 7) is 0. The standard InChI is InChI=1S/C23H21F2O2P.ClH/c24-23(25,17-16-22(26)27)18-28(19-10-4-1-5-11-19,20-12-6-2-7-13-20)21-14-8-3-9-15-21;/h1-15H,16-18H2;1H/p+1. The highest BCUT2D eigenvalue weighted by molar-refractivity contribution is 7.95. The molecule has 0 amide bonds. The van der Waals surface area contributed by atoms with Gasteiger partial charge in [0.05, 0.1) is 6.42 Å². The van der Waals surface area contributed by atoms with E-state index in [1.54, 1.807) is 0 Å². The van der Waals surface area contributed by atoms with Crippen molar-refractivity contribution in [2.24, 2.45) is 0 Å². The molecular formula is C23H23ClF2O2P+. The van der Waals surface area contributed by atoms with E-state index in [9.17, 15) is 4.79 Å². The summed E-state index contributed by atoms with van der Waals surface area (Å²) in [5.74, 6) is -4.31. The molecule has 29 heavy (non-hydrogen) atoms. The van der Waals surface area contributed by atoms with Gasteiger partial charge in [-0.3, -0.25) is 4.79 Å². The second-order valence-corrected chi connectivity index (χ2v) is 10.2. The van der Waals surface area contributed by atoms with Crippen LogP contribution in [0.2, 0.25) is 0 Å². The van der Waals surface area contributed by atoms with E-state index in [4.69, 9.17) is 5.11 Å². The van der Waals surface area contributed by atoms with Crippen LogP contribution in [0, 0.1) is 0 Å². The molecule has 0 heterocycles. The van der Waals surface area contributed by atoms with Gasteiger partial charge in [-0.05, 0) is 36.4 Å². The van der Waals surface area contributed by atoms with Crippen LogP contribution in [0.25, 0.3) is 0 Å². The summed E-state index contributed by atoms with van der Waals surface area (Å²) in [4.78, 5) is 10.9. The second-order valence-electron chi connectivity index (χ2n) is 6.72. The van der Waals surface area contributed by atoms with E-state index in [1.165, 1.54) is 0 Å². The Labute approximate surface area is 176 Å². The highest BCUT2D eigenvalue weighted by Crippen LogP contribution is 2.58. The summed E-state index contributed by atoms with van der Waals surface area (Å²) < 4.78 is 30.2. The number of hydrogen-bond donors (Lipinski definition) is 1. The fraction of sp³-hybridized carbons (Fsp3) is 0.174. The van der Waals surface area contributed by atoms with Crippen molar-refractivity contribution in [2.75, 3.05) is 6.16 Å². The number of carboxylic acids is 1.